The maximum atomic E-state index is 6.01. The van der Waals surface area contributed by atoms with Crippen molar-refractivity contribution in [3.8, 4) is 5.75 Å². The van der Waals surface area contributed by atoms with Gasteiger partial charge in [-0.1, -0.05) is 6.07 Å². The Bertz CT molecular complexity index is 522. The Labute approximate surface area is 106 Å². The summed E-state index contributed by atoms with van der Waals surface area (Å²) < 4.78 is 7.60. The summed E-state index contributed by atoms with van der Waals surface area (Å²) in [5.41, 5.74) is 8.61. The van der Waals surface area contributed by atoms with Gasteiger partial charge in [0.05, 0.1) is 6.54 Å². The lowest BCUT2D eigenvalue weighted by atomic mass is 10.1. The fourth-order valence-electron chi connectivity index (χ4n) is 2.41. The van der Waals surface area contributed by atoms with E-state index in [1.165, 1.54) is 11.1 Å². The Hall–Kier alpha value is -1.81. The molecule has 0 saturated carbocycles. The molecule has 3 rings (SSSR count). The number of aromatic nitrogens is 2. The molecular formula is C14H17N3O. The van der Waals surface area contributed by atoms with E-state index < -0.39 is 0 Å². The quantitative estimate of drug-likeness (QED) is 0.892. The van der Waals surface area contributed by atoms with Gasteiger partial charge >= 0.3 is 0 Å². The molecular weight excluding hydrogens is 226 g/mol. The van der Waals surface area contributed by atoms with Gasteiger partial charge in [-0.25, -0.2) is 0 Å². The van der Waals surface area contributed by atoms with Crippen LogP contribution in [0.25, 0.3) is 0 Å². The minimum Gasteiger partial charge on any atom is -0.492 e. The van der Waals surface area contributed by atoms with E-state index in [0.29, 0.717) is 6.61 Å². The fourth-order valence-corrected chi connectivity index (χ4v) is 2.41. The van der Waals surface area contributed by atoms with Crippen molar-refractivity contribution in [2.45, 2.75) is 25.4 Å². The van der Waals surface area contributed by atoms with Gasteiger partial charge in [-0.05, 0) is 42.2 Å². The smallest absolute Gasteiger partial charge is 0.119 e. The Morgan fingerprint density at radius 3 is 3.22 bits per heavy atom. The first kappa shape index (κ1) is 11.3. The van der Waals surface area contributed by atoms with Gasteiger partial charge < -0.3 is 10.5 Å². The highest BCUT2D eigenvalue weighted by atomic mass is 16.5. The van der Waals surface area contributed by atoms with Crippen molar-refractivity contribution in [2.75, 3.05) is 6.61 Å². The number of nitrogens with two attached hydrogens (primary N) is 1. The molecule has 1 aromatic carbocycles. The third-order valence-electron chi connectivity index (χ3n) is 3.39. The molecule has 18 heavy (non-hydrogen) atoms. The molecule has 0 radical (unpaired) electrons. The zero-order valence-corrected chi connectivity index (χ0v) is 10.2. The van der Waals surface area contributed by atoms with Crippen molar-refractivity contribution in [3.63, 3.8) is 0 Å². The number of hydrogen-bond acceptors (Lipinski definition) is 3. The van der Waals surface area contributed by atoms with Crippen molar-refractivity contribution in [3.05, 3.63) is 47.8 Å². The summed E-state index contributed by atoms with van der Waals surface area (Å²) >= 11 is 0. The van der Waals surface area contributed by atoms with Crippen molar-refractivity contribution >= 4 is 0 Å². The van der Waals surface area contributed by atoms with E-state index in [4.69, 9.17) is 10.5 Å². The molecule has 4 nitrogen and oxygen atoms in total. The van der Waals surface area contributed by atoms with Crippen LogP contribution in [0.1, 0.15) is 23.6 Å². The third-order valence-corrected chi connectivity index (χ3v) is 3.39. The normalized spacial score (nSPS) is 17.7. The fraction of sp³-hybridized carbons (Fsp3) is 0.357. The average molecular weight is 243 g/mol. The molecule has 1 aliphatic rings. The van der Waals surface area contributed by atoms with Crippen LogP contribution in [-0.4, -0.2) is 16.4 Å². The van der Waals surface area contributed by atoms with Crippen molar-refractivity contribution in [2.24, 2.45) is 5.73 Å². The number of benzene rings is 1. The molecule has 0 fully saturated rings. The number of hydrogen-bond donors (Lipinski definition) is 1. The first-order valence-electron chi connectivity index (χ1n) is 6.31. The molecule has 2 N–H and O–H groups in total. The van der Waals surface area contributed by atoms with Gasteiger partial charge in [0.25, 0.3) is 0 Å². The second-order valence-corrected chi connectivity index (χ2v) is 4.62. The standard InChI is InChI=1S/C14H17N3O/c15-14-5-2-11-10-12(3-4-13(11)14)18-9-8-17-7-1-6-16-17/h1,3-4,6-7,10,14H,2,5,8-9,15H2/t14-/m1/s1. The molecule has 2 aromatic rings. The van der Waals surface area contributed by atoms with Crippen LogP contribution in [0.5, 0.6) is 5.75 Å². The maximum absolute atomic E-state index is 6.01. The lowest BCUT2D eigenvalue weighted by molar-refractivity contribution is 0.291. The van der Waals surface area contributed by atoms with E-state index in [9.17, 15) is 0 Å². The Kier molecular flexibility index (Phi) is 3.02. The van der Waals surface area contributed by atoms with Crippen LogP contribution in [0.4, 0.5) is 0 Å². The van der Waals surface area contributed by atoms with Gasteiger partial charge in [-0.3, -0.25) is 4.68 Å². The van der Waals surface area contributed by atoms with Crippen molar-refractivity contribution in [1.82, 2.24) is 9.78 Å². The summed E-state index contributed by atoms with van der Waals surface area (Å²) in [6.45, 7) is 1.40. The first-order chi connectivity index (χ1) is 8.83. The average Bonchev–Trinajstić information content (AvgIpc) is 3.00. The molecule has 0 unspecified atom stereocenters. The van der Waals surface area contributed by atoms with Gasteiger partial charge in [0.1, 0.15) is 12.4 Å². The van der Waals surface area contributed by atoms with E-state index in [-0.39, 0.29) is 6.04 Å². The van der Waals surface area contributed by atoms with Crippen molar-refractivity contribution < 1.29 is 4.74 Å². The molecule has 1 aromatic heterocycles. The Morgan fingerprint density at radius 2 is 2.39 bits per heavy atom. The zero-order chi connectivity index (χ0) is 12.4. The van der Waals surface area contributed by atoms with Crippen LogP contribution in [-0.2, 0) is 13.0 Å². The highest BCUT2D eigenvalue weighted by molar-refractivity contribution is 5.40. The number of nitrogens with zero attached hydrogens (tertiary/aromatic N) is 2. The summed E-state index contributed by atoms with van der Waals surface area (Å²) in [4.78, 5) is 0. The SMILES string of the molecule is N[C@@H]1CCc2cc(OCCn3cccn3)ccc21. The van der Waals surface area contributed by atoms with Crippen LogP contribution >= 0.6 is 0 Å². The minimum atomic E-state index is 0.207. The van der Waals surface area contributed by atoms with E-state index in [0.717, 1.165) is 25.1 Å². The molecule has 1 atom stereocenters. The highest BCUT2D eigenvalue weighted by Gasteiger charge is 2.18. The van der Waals surface area contributed by atoms with Crippen LogP contribution in [0.2, 0.25) is 0 Å². The predicted octanol–water partition coefficient (Wildman–Crippen LogP) is 1.91. The molecule has 1 heterocycles. The van der Waals surface area contributed by atoms with Gasteiger partial charge in [0.2, 0.25) is 0 Å². The molecule has 94 valence electrons. The Balaban J connectivity index is 1.60. The van der Waals surface area contributed by atoms with Crippen LogP contribution in [0.15, 0.2) is 36.7 Å². The van der Waals surface area contributed by atoms with E-state index in [2.05, 4.69) is 17.2 Å². The molecule has 0 spiro atoms. The second kappa shape index (κ2) is 4.82. The highest BCUT2D eigenvalue weighted by Crippen LogP contribution is 2.31. The van der Waals surface area contributed by atoms with Gasteiger partial charge in [-0.2, -0.15) is 5.10 Å². The summed E-state index contributed by atoms with van der Waals surface area (Å²) in [6.07, 6.45) is 5.82. The van der Waals surface area contributed by atoms with E-state index >= 15 is 0 Å². The molecule has 0 amide bonds. The summed E-state index contributed by atoms with van der Waals surface area (Å²) in [5, 5.41) is 4.14. The zero-order valence-electron chi connectivity index (χ0n) is 10.2. The van der Waals surface area contributed by atoms with Crippen molar-refractivity contribution in [1.29, 1.82) is 0 Å². The topological polar surface area (TPSA) is 53.1 Å². The van der Waals surface area contributed by atoms with E-state index in [1.807, 2.05) is 23.0 Å². The third kappa shape index (κ3) is 2.24. The maximum Gasteiger partial charge on any atom is 0.119 e. The number of ether oxygens (including phenoxy) is 1. The second-order valence-electron chi connectivity index (χ2n) is 4.62. The molecule has 1 aliphatic carbocycles. The minimum absolute atomic E-state index is 0.207. The largest absolute Gasteiger partial charge is 0.492 e. The molecule has 0 bridgehead atoms. The lowest BCUT2D eigenvalue weighted by Gasteiger charge is -2.09. The lowest BCUT2D eigenvalue weighted by Crippen LogP contribution is -2.09. The first-order valence-corrected chi connectivity index (χ1v) is 6.31. The number of fused-ring (bicyclic) bond motifs is 1. The van der Waals surface area contributed by atoms with Gasteiger partial charge in [-0.15, -0.1) is 0 Å². The van der Waals surface area contributed by atoms with Gasteiger partial charge in [0, 0.05) is 18.4 Å². The van der Waals surface area contributed by atoms with Crippen LogP contribution in [0, 0.1) is 0 Å². The summed E-state index contributed by atoms with van der Waals surface area (Å²) in [5.74, 6) is 0.926. The predicted molar refractivity (Wildman–Crippen MR) is 69.4 cm³/mol. The molecule has 4 heteroatoms. The van der Waals surface area contributed by atoms with Crippen LogP contribution < -0.4 is 10.5 Å². The molecule has 0 saturated heterocycles. The summed E-state index contributed by atoms with van der Waals surface area (Å²) in [6, 6.07) is 8.34. The van der Waals surface area contributed by atoms with Crippen LogP contribution in [0.3, 0.4) is 0 Å². The summed E-state index contributed by atoms with van der Waals surface area (Å²) in [7, 11) is 0. The Morgan fingerprint density at radius 1 is 1.44 bits per heavy atom. The number of rotatable bonds is 4. The monoisotopic (exact) mass is 243 g/mol. The number of aryl methyl sites for hydroxylation is 1. The molecule has 0 aliphatic heterocycles. The van der Waals surface area contributed by atoms with Gasteiger partial charge in [0.15, 0.2) is 0 Å². The van der Waals surface area contributed by atoms with E-state index in [1.54, 1.807) is 6.20 Å².